The van der Waals surface area contributed by atoms with Gasteiger partial charge in [0.25, 0.3) is 0 Å². The number of carbonyl (C=O) groups excluding carboxylic acids is 3. The van der Waals surface area contributed by atoms with Crippen LogP contribution in [0.2, 0.25) is 0 Å². The molecular weight excluding hydrogens is 1010 g/mol. The Labute approximate surface area is 507 Å². The minimum atomic E-state index is -0.784. The molecule has 0 N–H and O–H groups in total. The van der Waals surface area contributed by atoms with Crippen LogP contribution in [0.3, 0.4) is 0 Å². The molecule has 1 unspecified atom stereocenters. The van der Waals surface area contributed by atoms with Gasteiger partial charge in [-0.15, -0.1) is 0 Å². The van der Waals surface area contributed by atoms with E-state index in [0.29, 0.717) is 19.3 Å². The standard InChI is InChI=1S/C76H128O6/c1-4-7-10-13-16-19-22-24-26-28-30-31-32-33-34-35-36-37-38-39-40-41-42-43-44-45-47-48-50-52-54-57-60-63-66-69-75(78)81-72-73(71-80-74(77)68-65-62-59-56-21-18-15-12-9-6-3)82-76(79)70-67-64-61-58-55-53-51-49-46-29-27-25-23-20-17-14-11-8-5-2/h7,10,16,19,24-27,30-31,33-34,36-37,39-40,42-43,45,47,73H,4-6,8-9,11-15,17-18,20-23,28-29,32,35,38,41,44,46,48-72H2,1-3H3/b10-7-,19-16-,26-24-,27-25-,31-30-,34-33-,37-36-,40-39-,43-42-,47-45-. The molecule has 0 amide bonds. The molecule has 0 radical (unpaired) electrons. The highest BCUT2D eigenvalue weighted by Crippen LogP contribution is 2.16. The summed E-state index contributed by atoms with van der Waals surface area (Å²) in [5.41, 5.74) is 0. The third-order valence-corrected chi connectivity index (χ3v) is 14.7. The van der Waals surface area contributed by atoms with Crippen molar-refractivity contribution in [2.75, 3.05) is 13.2 Å². The number of rotatable bonds is 62. The molecule has 0 aromatic rings. The summed E-state index contributed by atoms with van der Waals surface area (Å²) in [4.78, 5) is 38.3. The van der Waals surface area contributed by atoms with E-state index in [4.69, 9.17) is 14.2 Å². The van der Waals surface area contributed by atoms with Gasteiger partial charge in [0.2, 0.25) is 0 Å². The quantitative estimate of drug-likeness (QED) is 0.0261. The lowest BCUT2D eigenvalue weighted by molar-refractivity contribution is -0.167. The van der Waals surface area contributed by atoms with Crippen LogP contribution in [0.4, 0.5) is 0 Å². The summed E-state index contributed by atoms with van der Waals surface area (Å²) < 4.78 is 16.9. The molecule has 0 aliphatic carbocycles. The van der Waals surface area contributed by atoms with Crippen molar-refractivity contribution >= 4 is 17.9 Å². The average Bonchev–Trinajstić information content (AvgIpc) is 3.48. The van der Waals surface area contributed by atoms with Gasteiger partial charge in [-0.05, 0) is 116 Å². The van der Waals surface area contributed by atoms with Crippen LogP contribution in [0.5, 0.6) is 0 Å². The summed E-state index contributed by atoms with van der Waals surface area (Å²) in [7, 11) is 0. The predicted octanol–water partition coefficient (Wildman–Crippen LogP) is 23.9. The molecule has 468 valence electrons. The number of hydrogen-bond donors (Lipinski definition) is 0. The Bertz CT molecular complexity index is 1690. The van der Waals surface area contributed by atoms with Crippen LogP contribution in [0.25, 0.3) is 0 Å². The molecule has 0 fully saturated rings. The van der Waals surface area contributed by atoms with E-state index in [2.05, 4.69) is 142 Å². The highest BCUT2D eigenvalue weighted by Gasteiger charge is 2.19. The third-order valence-electron chi connectivity index (χ3n) is 14.7. The first-order chi connectivity index (χ1) is 40.5. The zero-order valence-corrected chi connectivity index (χ0v) is 53.7. The number of carbonyl (C=O) groups is 3. The molecule has 0 rings (SSSR count). The maximum atomic E-state index is 12.9. The summed E-state index contributed by atoms with van der Waals surface area (Å²) in [5.74, 6) is -0.886. The van der Waals surface area contributed by atoms with Crippen LogP contribution in [0.1, 0.15) is 323 Å². The van der Waals surface area contributed by atoms with Crippen LogP contribution in [-0.2, 0) is 28.6 Å². The van der Waals surface area contributed by atoms with Gasteiger partial charge >= 0.3 is 17.9 Å². The molecule has 0 aliphatic heterocycles. The molecule has 0 saturated carbocycles. The SMILES string of the molecule is CC/C=C\C/C=C\C/C=C\C/C=C\C/C=C\C/C=C\C/C=C\C/C=C\C/C=C\CCCCCCCCCC(=O)OCC(COC(=O)CCCCCCCCCCCC)OC(=O)CCCCCCCCCCC/C=C\CCCCCCCC. The van der Waals surface area contributed by atoms with E-state index in [0.717, 1.165) is 122 Å². The molecule has 1 atom stereocenters. The third kappa shape index (κ3) is 66.6. The minimum Gasteiger partial charge on any atom is -0.462 e. The zero-order valence-electron chi connectivity index (χ0n) is 53.7. The number of unbranched alkanes of at least 4 members (excludes halogenated alkanes) is 31. The second-order valence-electron chi connectivity index (χ2n) is 22.7. The summed E-state index contributed by atoms with van der Waals surface area (Å²) >= 11 is 0. The highest BCUT2D eigenvalue weighted by atomic mass is 16.6. The first-order valence-corrected chi connectivity index (χ1v) is 34.5. The number of hydrogen-bond acceptors (Lipinski definition) is 6. The molecule has 0 bridgehead atoms. The van der Waals surface area contributed by atoms with Crippen molar-refractivity contribution < 1.29 is 28.6 Å². The van der Waals surface area contributed by atoms with E-state index < -0.39 is 6.10 Å². The number of esters is 3. The maximum absolute atomic E-state index is 12.9. The Hall–Kier alpha value is -4.19. The smallest absolute Gasteiger partial charge is 0.306 e. The van der Waals surface area contributed by atoms with E-state index >= 15 is 0 Å². The summed E-state index contributed by atoms with van der Waals surface area (Å²) in [6.07, 6.45) is 96.5. The topological polar surface area (TPSA) is 78.9 Å². The van der Waals surface area contributed by atoms with Crippen molar-refractivity contribution in [3.63, 3.8) is 0 Å². The van der Waals surface area contributed by atoms with Crippen molar-refractivity contribution in [2.45, 2.75) is 329 Å². The average molecular weight is 1140 g/mol. The molecule has 0 spiro atoms. The fraction of sp³-hybridized carbons (Fsp3) is 0.697. The molecule has 0 aromatic carbocycles. The van der Waals surface area contributed by atoms with E-state index in [1.165, 1.54) is 161 Å². The summed E-state index contributed by atoms with van der Waals surface area (Å²) in [6, 6.07) is 0. The van der Waals surface area contributed by atoms with Crippen LogP contribution in [-0.4, -0.2) is 37.2 Å². The van der Waals surface area contributed by atoms with Gasteiger partial charge in [-0.2, -0.15) is 0 Å². The zero-order chi connectivity index (χ0) is 59.2. The van der Waals surface area contributed by atoms with Gasteiger partial charge in [-0.1, -0.05) is 309 Å². The van der Waals surface area contributed by atoms with Gasteiger partial charge in [-0.3, -0.25) is 14.4 Å². The van der Waals surface area contributed by atoms with Crippen molar-refractivity contribution in [1.82, 2.24) is 0 Å². The lowest BCUT2D eigenvalue weighted by Gasteiger charge is -2.18. The van der Waals surface area contributed by atoms with Gasteiger partial charge < -0.3 is 14.2 Å². The first kappa shape index (κ1) is 77.8. The molecule has 6 heteroatoms. The molecular formula is C76H128O6. The Morgan fingerprint density at radius 3 is 0.756 bits per heavy atom. The van der Waals surface area contributed by atoms with Crippen molar-refractivity contribution in [3.8, 4) is 0 Å². The van der Waals surface area contributed by atoms with Gasteiger partial charge in [0.1, 0.15) is 13.2 Å². The van der Waals surface area contributed by atoms with Gasteiger partial charge in [0.05, 0.1) is 0 Å². The molecule has 0 saturated heterocycles. The van der Waals surface area contributed by atoms with E-state index in [9.17, 15) is 14.4 Å². The lowest BCUT2D eigenvalue weighted by Crippen LogP contribution is -2.30. The molecule has 0 aliphatic rings. The monoisotopic (exact) mass is 1140 g/mol. The fourth-order valence-corrected chi connectivity index (χ4v) is 9.55. The van der Waals surface area contributed by atoms with Crippen LogP contribution in [0.15, 0.2) is 122 Å². The first-order valence-electron chi connectivity index (χ1n) is 34.5. The van der Waals surface area contributed by atoms with Crippen molar-refractivity contribution in [2.24, 2.45) is 0 Å². The van der Waals surface area contributed by atoms with E-state index in [1.54, 1.807) is 0 Å². The van der Waals surface area contributed by atoms with E-state index in [1.807, 2.05) is 0 Å². The van der Waals surface area contributed by atoms with Crippen LogP contribution >= 0.6 is 0 Å². The van der Waals surface area contributed by atoms with Gasteiger partial charge in [0.15, 0.2) is 6.10 Å². The number of allylic oxidation sites excluding steroid dienone is 20. The van der Waals surface area contributed by atoms with Crippen molar-refractivity contribution in [3.05, 3.63) is 122 Å². The summed E-state index contributed by atoms with van der Waals surface area (Å²) in [6.45, 7) is 6.52. The fourth-order valence-electron chi connectivity index (χ4n) is 9.55. The molecule has 6 nitrogen and oxygen atoms in total. The second kappa shape index (κ2) is 69.3. The number of ether oxygens (including phenoxy) is 3. The van der Waals surface area contributed by atoms with Gasteiger partial charge in [-0.25, -0.2) is 0 Å². The van der Waals surface area contributed by atoms with Gasteiger partial charge in [0, 0.05) is 19.3 Å². The van der Waals surface area contributed by atoms with Crippen LogP contribution < -0.4 is 0 Å². The van der Waals surface area contributed by atoms with E-state index in [-0.39, 0.29) is 31.1 Å². The lowest BCUT2D eigenvalue weighted by atomic mass is 10.1. The predicted molar refractivity (Wildman–Crippen MR) is 357 cm³/mol. The molecule has 0 aromatic heterocycles. The Kier molecular flexibility index (Phi) is 65.8. The van der Waals surface area contributed by atoms with Crippen LogP contribution in [0, 0.1) is 0 Å². The molecule has 82 heavy (non-hydrogen) atoms. The summed E-state index contributed by atoms with van der Waals surface area (Å²) in [5, 5.41) is 0. The second-order valence-corrected chi connectivity index (χ2v) is 22.7. The normalized spacial score (nSPS) is 12.9. The Morgan fingerprint density at radius 1 is 0.256 bits per heavy atom. The Morgan fingerprint density at radius 2 is 0.476 bits per heavy atom. The minimum absolute atomic E-state index is 0.0803. The van der Waals surface area contributed by atoms with Crippen molar-refractivity contribution in [1.29, 1.82) is 0 Å². The Balaban J connectivity index is 4.22. The maximum Gasteiger partial charge on any atom is 0.306 e. The highest BCUT2D eigenvalue weighted by molar-refractivity contribution is 5.71. The largest absolute Gasteiger partial charge is 0.462 e. The molecule has 0 heterocycles.